The fourth-order valence-corrected chi connectivity index (χ4v) is 3.80. The van der Waals surface area contributed by atoms with Crippen LogP contribution in [-0.4, -0.2) is 29.2 Å². The van der Waals surface area contributed by atoms with Gasteiger partial charge in [0, 0.05) is 5.56 Å². The number of benzene rings is 2. The lowest BCUT2D eigenvalue weighted by molar-refractivity contribution is 0.0976. The molecule has 0 saturated heterocycles. The van der Waals surface area contributed by atoms with Gasteiger partial charge in [0.2, 0.25) is 0 Å². The highest BCUT2D eigenvalue weighted by atomic mass is 32.1. The lowest BCUT2D eigenvalue weighted by Crippen LogP contribution is -2.34. The van der Waals surface area contributed by atoms with E-state index in [1.165, 1.54) is 16.9 Å². The Morgan fingerprint density at radius 1 is 1.15 bits per heavy atom. The van der Waals surface area contributed by atoms with Crippen molar-refractivity contribution in [3.63, 3.8) is 0 Å². The average Bonchev–Trinajstić information content (AvgIpc) is 3.02. The van der Waals surface area contributed by atoms with Gasteiger partial charge in [-0.15, -0.1) is 0 Å². The quantitative estimate of drug-likeness (QED) is 0.658. The molecule has 132 valence electrons. The predicted molar refractivity (Wildman–Crippen MR) is 105 cm³/mol. The molecule has 0 fully saturated rings. The summed E-state index contributed by atoms with van der Waals surface area (Å²) in [6, 6.07) is 11.1. The minimum Gasteiger partial charge on any atom is -0.486 e. The Kier molecular flexibility index (Phi) is 4.44. The third-order valence-electron chi connectivity index (χ3n) is 3.80. The van der Waals surface area contributed by atoms with Crippen LogP contribution in [0, 0.1) is 6.92 Å². The van der Waals surface area contributed by atoms with E-state index in [-0.39, 0.29) is 11.0 Å². The van der Waals surface area contributed by atoms with Gasteiger partial charge in [-0.1, -0.05) is 17.4 Å². The highest BCUT2D eigenvalue weighted by molar-refractivity contribution is 7.80. The fourth-order valence-electron chi connectivity index (χ4n) is 2.57. The molecule has 0 saturated carbocycles. The monoisotopic (exact) mass is 385 g/mol. The zero-order chi connectivity index (χ0) is 18.1. The minimum atomic E-state index is -0.323. The maximum absolute atomic E-state index is 12.4. The van der Waals surface area contributed by atoms with Gasteiger partial charge in [-0.2, -0.15) is 0 Å². The zero-order valence-electron chi connectivity index (χ0n) is 13.9. The van der Waals surface area contributed by atoms with Crippen molar-refractivity contribution < 1.29 is 14.3 Å². The molecule has 0 spiro atoms. The number of aryl methyl sites for hydroxylation is 1. The topological polar surface area (TPSA) is 72.5 Å². The molecule has 3 aromatic rings. The van der Waals surface area contributed by atoms with Crippen molar-refractivity contribution in [2.24, 2.45) is 0 Å². The van der Waals surface area contributed by atoms with E-state index in [1.54, 1.807) is 18.2 Å². The van der Waals surface area contributed by atoms with Crippen LogP contribution in [-0.2, 0) is 0 Å². The molecule has 2 heterocycles. The summed E-state index contributed by atoms with van der Waals surface area (Å²) in [5.74, 6) is 0.874. The maximum atomic E-state index is 12.4. The van der Waals surface area contributed by atoms with Gasteiger partial charge in [0.15, 0.2) is 21.7 Å². The normalized spacial score (nSPS) is 12.7. The van der Waals surface area contributed by atoms with E-state index >= 15 is 0 Å². The van der Waals surface area contributed by atoms with Gasteiger partial charge >= 0.3 is 0 Å². The molecular weight excluding hydrogens is 370 g/mol. The highest BCUT2D eigenvalue weighted by Gasteiger charge is 2.16. The smallest absolute Gasteiger partial charge is 0.257 e. The highest BCUT2D eigenvalue weighted by Crippen LogP contribution is 2.30. The maximum Gasteiger partial charge on any atom is 0.257 e. The van der Waals surface area contributed by atoms with Gasteiger partial charge in [0.1, 0.15) is 13.2 Å². The fraction of sp³-hybridized carbons (Fsp3) is 0.167. The van der Waals surface area contributed by atoms with E-state index in [0.717, 1.165) is 10.2 Å². The molecule has 2 aromatic carbocycles. The van der Waals surface area contributed by atoms with E-state index in [4.69, 9.17) is 21.7 Å². The first-order valence-corrected chi connectivity index (χ1v) is 9.20. The number of aromatic nitrogens is 1. The number of hydrogen-bond acceptors (Lipinski definition) is 6. The molecule has 0 radical (unpaired) electrons. The Bertz CT molecular complexity index is 1020. The Hall–Kier alpha value is -2.71. The molecule has 0 unspecified atom stereocenters. The van der Waals surface area contributed by atoms with Crippen molar-refractivity contribution in [1.82, 2.24) is 10.3 Å². The van der Waals surface area contributed by atoms with Crippen LogP contribution in [0.3, 0.4) is 0 Å². The number of thiocarbonyl (C=S) groups is 1. The summed E-state index contributed by atoms with van der Waals surface area (Å²) in [6.45, 7) is 3.01. The van der Waals surface area contributed by atoms with Crippen LogP contribution < -0.4 is 20.1 Å². The van der Waals surface area contributed by atoms with Gasteiger partial charge in [0.25, 0.3) is 5.91 Å². The zero-order valence-corrected chi connectivity index (χ0v) is 15.5. The molecule has 1 aliphatic heterocycles. The molecule has 2 N–H and O–H groups in total. The van der Waals surface area contributed by atoms with Gasteiger partial charge in [-0.25, -0.2) is 4.98 Å². The number of nitrogens with one attached hydrogen (secondary N) is 2. The SMILES string of the molecule is Cc1ccc2nc(NC(=S)NC(=O)c3ccc4c(c3)OCCO4)sc2c1. The first kappa shape index (κ1) is 16.7. The second kappa shape index (κ2) is 6.89. The van der Waals surface area contributed by atoms with Gasteiger partial charge in [-0.3, -0.25) is 10.1 Å². The van der Waals surface area contributed by atoms with Crippen molar-refractivity contribution in [3.8, 4) is 11.5 Å². The molecule has 1 aliphatic rings. The summed E-state index contributed by atoms with van der Waals surface area (Å²) < 4.78 is 12.0. The molecule has 1 amide bonds. The van der Waals surface area contributed by atoms with E-state index < -0.39 is 0 Å². The number of carbonyl (C=O) groups excluding carboxylic acids is 1. The number of nitrogens with zero attached hydrogens (tertiary/aromatic N) is 1. The Labute approximate surface area is 159 Å². The summed E-state index contributed by atoms with van der Waals surface area (Å²) in [6.07, 6.45) is 0. The first-order valence-electron chi connectivity index (χ1n) is 7.98. The van der Waals surface area contributed by atoms with Crippen LogP contribution >= 0.6 is 23.6 Å². The number of anilines is 1. The van der Waals surface area contributed by atoms with E-state index in [1.807, 2.05) is 19.1 Å². The molecule has 8 heteroatoms. The standard InChI is InChI=1S/C18H15N3O3S2/c1-10-2-4-12-15(8-10)26-18(19-12)21-17(25)20-16(22)11-3-5-13-14(9-11)24-7-6-23-13/h2-5,8-9H,6-7H2,1H3,(H2,19,20,21,22,25). The molecular formula is C18H15N3O3S2. The lowest BCUT2D eigenvalue weighted by atomic mass is 10.2. The summed E-state index contributed by atoms with van der Waals surface area (Å²) in [5, 5.41) is 6.46. The Morgan fingerprint density at radius 2 is 1.96 bits per heavy atom. The molecule has 1 aromatic heterocycles. The summed E-state index contributed by atoms with van der Waals surface area (Å²) in [4.78, 5) is 16.9. The van der Waals surface area contributed by atoms with Crippen molar-refractivity contribution >= 4 is 49.9 Å². The lowest BCUT2D eigenvalue weighted by Gasteiger charge is -2.18. The van der Waals surface area contributed by atoms with Crippen LogP contribution in [0.15, 0.2) is 36.4 Å². The number of carbonyl (C=O) groups is 1. The van der Waals surface area contributed by atoms with Crippen LogP contribution in [0.1, 0.15) is 15.9 Å². The third kappa shape index (κ3) is 3.47. The van der Waals surface area contributed by atoms with E-state index in [9.17, 15) is 4.79 Å². The van der Waals surface area contributed by atoms with E-state index in [0.29, 0.717) is 35.4 Å². The predicted octanol–water partition coefficient (Wildman–Crippen LogP) is 3.50. The Balaban J connectivity index is 1.44. The minimum absolute atomic E-state index is 0.195. The second-order valence-corrected chi connectivity index (χ2v) is 7.20. The first-order chi connectivity index (χ1) is 12.6. The molecule has 26 heavy (non-hydrogen) atoms. The van der Waals surface area contributed by atoms with Crippen LogP contribution in [0.25, 0.3) is 10.2 Å². The van der Waals surface area contributed by atoms with Gasteiger partial charge < -0.3 is 14.8 Å². The molecule has 0 bridgehead atoms. The number of thiazole rings is 1. The molecule has 0 aliphatic carbocycles. The van der Waals surface area contributed by atoms with Crippen LogP contribution in [0.5, 0.6) is 11.5 Å². The molecule has 6 nitrogen and oxygen atoms in total. The summed E-state index contributed by atoms with van der Waals surface area (Å²) in [7, 11) is 0. The number of hydrogen-bond donors (Lipinski definition) is 2. The Morgan fingerprint density at radius 3 is 2.81 bits per heavy atom. The molecule has 4 rings (SSSR count). The second-order valence-electron chi connectivity index (χ2n) is 5.76. The number of amides is 1. The average molecular weight is 385 g/mol. The van der Waals surface area contributed by atoms with Crippen molar-refractivity contribution in [3.05, 3.63) is 47.5 Å². The number of rotatable bonds is 2. The number of ether oxygens (including phenoxy) is 2. The van der Waals surface area contributed by atoms with Gasteiger partial charge in [-0.05, 0) is 55.0 Å². The van der Waals surface area contributed by atoms with Crippen molar-refractivity contribution in [2.75, 3.05) is 18.5 Å². The van der Waals surface area contributed by atoms with Crippen molar-refractivity contribution in [1.29, 1.82) is 0 Å². The third-order valence-corrected chi connectivity index (χ3v) is 4.93. The van der Waals surface area contributed by atoms with Crippen LogP contribution in [0.2, 0.25) is 0 Å². The summed E-state index contributed by atoms with van der Waals surface area (Å²) >= 11 is 6.72. The number of fused-ring (bicyclic) bond motifs is 2. The van der Waals surface area contributed by atoms with Crippen molar-refractivity contribution in [2.45, 2.75) is 6.92 Å². The summed E-state index contributed by atoms with van der Waals surface area (Å²) in [5.41, 5.74) is 2.50. The van der Waals surface area contributed by atoms with Gasteiger partial charge in [0.05, 0.1) is 10.2 Å². The largest absolute Gasteiger partial charge is 0.486 e. The molecule has 0 atom stereocenters. The van der Waals surface area contributed by atoms with Crippen LogP contribution in [0.4, 0.5) is 5.13 Å². The van der Waals surface area contributed by atoms with E-state index in [2.05, 4.69) is 21.7 Å².